The minimum Gasteiger partial charge on any atom is -0.393 e. The van der Waals surface area contributed by atoms with Crippen molar-refractivity contribution in [3.05, 3.63) is 0 Å². The normalized spacial score (nSPS) is 21.3. The summed E-state index contributed by atoms with van der Waals surface area (Å²) >= 11 is 4.97. The topological polar surface area (TPSA) is 49.6 Å². The van der Waals surface area contributed by atoms with Gasteiger partial charge in [-0.15, -0.1) is 0 Å². The molecule has 0 radical (unpaired) electrons. The highest BCUT2D eigenvalue weighted by Crippen LogP contribution is 2.19. The molecule has 0 aromatic rings. The molecule has 1 heterocycles. The largest absolute Gasteiger partial charge is 0.393 e. The number of likely N-dealkylation sites (tertiary alicyclic amines) is 1. The van der Waals surface area contributed by atoms with Crippen molar-refractivity contribution in [2.45, 2.75) is 39.7 Å². The average Bonchev–Trinajstić information content (AvgIpc) is 2.80. The van der Waals surface area contributed by atoms with E-state index in [1.54, 1.807) is 0 Å². The Kier molecular flexibility index (Phi) is 6.02. The monoisotopic (exact) mass is 271 g/mol. The quantitative estimate of drug-likeness (QED) is 0.739. The maximum atomic E-state index is 12.3. The van der Waals surface area contributed by atoms with Crippen LogP contribution in [0.3, 0.4) is 0 Å². The standard InChI is InChI=1S/C13H25N3OS/c1-4-11(12(14)18)13(17)16-8-7-10(9-16)15(5-2)6-3/h10-11H,4-9H2,1-3H3,(H2,14,18). The van der Waals surface area contributed by atoms with Crippen LogP contribution in [0.25, 0.3) is 0 Å². The van der Waals surface area contributed by atoms with Crippen LogP contribution in [0.4, 0.5) is 0 Å². The molecule has 18 heavy (non-hydrogen) atoms. The van der Waals surface area contributed by atoms with Gasteiger partial charge in [-0.3, -0.25) is 9.69 Å². The average molecular weight is 271 g/mol. The van der Waals surface area contributed by atoms with E-state index in [1.807, 2.05) is 11.8 Å². The van der Waals surface area contributed by atoms with Gasteiger partial charge < -0.3 is 10.6 Å². The van der Waals surface area contributed by atoms with Crippen LogP contribution in [0, 0.1) is 5.92 Å². The molecule has 5 heteroatoms. The summed E-state index contributed by atoms with van der Waals surface area (Å²) in [6.07, 6.45) is 1.75. The third-order valence-electron chi connectivity index (χ3n) is 3.85. The van der Waals surface area contributed by atoms with Crippen LogP contribution in [0.2, 0.25) is 0 Å². The fourth-order valence-electron chi connectivity index (χ4n) is 2.70. The first-order valence-electron chi connectivity index (χ1n) is 6.87. The van der Waals surface area contributed by atoms with Gasteiger partial charge in [0.1, 0.15) is 0 Å². The van der Waals surface area contributed by atoms with Crippen molar-refractivity contribution in [2.24, 2.45) is 11.7 Å². The minimum atomic E-state index is -0.282. The molecule has 2 unspecified atom stereocenters. The zero-order valence-corrected chi connectivity index (χ0v) is 12.5. The van der Waals surface area contributed by atoms with Gasteiger partial charge in [-0.25, -0.2) is 0 Å². The molecule has 0 saturated carbocycles. The van der Waals surface area contributed by atoms with Crippen molar-refractivity contribution in [1.82, 2.24) is 9.80 Å². The molecule has 1 amide bonds. The highest BCUT2D eigenvalue weighted by atomic mass is 32.1. The van der Waals surface area contributed by atoms with Crippen molar-refractivity contribution in [2.75, 3.05) is 26.2 Å². The van der Waals surface area contributed by atoms with Crippen molar-refractivity contribution in [3.63, 3.8) is 0 Å². The molecular weight excluding hydrogens is 246 g/mol. The van der Waals surface area contributed by atoms with Crippen molar-refractivity contribution in [1.29, 1.82) is 0 Å². The molecule has 2 N–H and O–H groups in total. The number of hydrogen-bond donors (Lipinski definition) is 1. The number of rotatable bonds is 6. The van der Waals surface area contributed by atoms with Gasteiger partial charge in [0.05, 0.1) is 10.9 Å². The first-order valence-corrected chi connectivity index (χ1v) is 7.28. The molecule has 1 aliphatic heterocycles. The molecule has 1 fully saturated rings. The lowest BCUT2D eigenvalue weighted by atomic mass is 10.1. The molecule has 0 aromatic heterocycles. The van der Waals surface area contributed by atoms with Crippen LogP contribution < -0.4 is 5.73 Å². The lowest BCUT2D eigenvalue weighted by molar-refractivity contribution is -0.132. The molecule has 104 valence electrons. The van der Waals surface area contributed by atoms with E-state index < -0.39 is 0 Å². The van der Waals surface area contributed by atoms with E-state index in [2.05, 4.69) is 18.7 Å². The third-order valence-corrected chi connectivity index (χ3v) is 4.14. The van der Waals surface area contributed by atoms with Crippen LogP contribution in [-0.2, 0) is 4.79 Å². The smallest absolute Gasteiger partial charge is 0.232 e. The fraction of sp³-hybridized carbons (Fsp3) is 0.846. The van der Waals surface area contributed by atoms with Gasteiger partial charge in [0.25, 0.3) is 0 Å². The second-order valence-corrected chi connectivity index (χ2v) is 5.28. The molecular formula is C13H25N3OS. The van der Waals surface area contributed by atoms with Crippen molar-refractivity contribution in [3.8, 4) is 0 Å². The molecule has 0 aliphatic carbocycles. The Morgan fingerprint density at radius 3 is 2.50 bits per heavy atom. The fourth-order valence-corrected chi connectivity index (χ4v) is 2.97. The summed E-state index contributed by atoms with van der Waals surface area (Å²) in [6.45, 7) is 10.0. The van der Waals surface area contributed by atoms with E-state index in [1.165, 1.54) is 0 Å². The lowest BCUT2D eigenvalue weighted by Gasteiger charge is -2.27. The Morgan fingerprint density at radius 1 is 1.44 bits per heavy atom. The molecule has 4 nitrogen and oxygen atoms in total. The Morgan fingerprint density at radius 2 is 2.06 bits per heavy atom. The molecule has 1 saturated heterocycles. The van der Waals surface area contributed by atoms with E-state index in [9.17, 15) is 4.79 Å². The van der Waals surface area contributed by atoms with Gasteiger partial charge in [0, 0.05) is 19.1 Å². The van der Waals surface area contributed by atoms with Crippen LogP contribution in [0.15, 0.2) is 0 Å². The van der Waals surface area contributed by atoms with Crippen LogP contribution in [0.1, 0.15) is 33.6 Å². The summed E-state index contributed by atoms with van der Waals surface area (Å²) in [5, 5.41) is 0. The number of carbonyl (C=O) groups is 1. The minimum absolute atomic E-state index is 0.111. The predicted molar refractivity (Wildman–Crippen MR) is 78.5 cm³/mol. The van der Waals surface area contributed by atoms with Gasteiger partial charge >= 0.3 is 0 Å². The Labute approximate surface area is 115 Å². The second-order valence-electron chi connectivity index (χ2n) is 4.81. The Bertz CT molecular complexity index is 305. The summed E-state index contributed by atoms with van der Waals surface area (Å²) in [5.41, 5.74) is 5.64. The summed E-state index contributed by atoms with van der Waals surface area (Å²) < 4.78 is 0. The van der Waals surface area contributed by atoms with Gasteiger partial charge in [-0.2, -0.15) is 0 Å². The zero-order chi connectivity index (χ0) is 13.7. The van der Waals surface area contributed by atoms with Crippen molar-refractivity contribution >= 4 is 23.1 Å². The van der Waals surface area contributed by atoms with Crippen molar-refractivity contribution < 1.29 is 4.79 Å². The number of carbonyl (C=O) groups excluding carboxylic acids is 1. The molecule has 0 spiro atoms. The van der Waals surface area contributed by atoms with Crippen LogP contribution in [0.5, 0.6) is 0 Å². The van der Waals surface area contributed by atoms with Gasteiger partial charge in [0.15, 0.2) is 0 Å². The summed E-state index contributed by atoms with van der Waals surface area (Å²) in [4.78, 5) is 17.0. The number of nitrogens with two attached hydrogens (primary N) is 1. The van der Waals surface area contributed by atoms with E-state index in [0.717, 1.165) is 32.6 Å². The predicted octanol–water partition coefficient (Wildman–Crippen LogP) is 1.24. The molecule has 1 rings (SSSR count). The highest BCUT2D eigenvalue weighted by molar-refractivity contribution is 7.80. The summed E-state index contributed by atoms with van der Waals surface area (Å²) in [5.74, 6) is -0.171. The number of nitrogens with zero attached hydrogens (tertiary/aromatic N) is 2. The SMILES string of the molecule is CCC(C(=O)N1CCC(N(CC)CC)C1)C(N)=S. The second kappa shape index (κ2) is 7.04. The van der Waals surface area contributed by atoms with Gasteiger partial charge in [-0.05, 0) is 25.9 Å². The summed E-state index contributed by atoms with van der Waals surface area (Å²) in [6, 6.07) is 0.493. The number of amides is 1. The highest BCUT2D eigenvalue weighted by Gasteiger charge is 2.32. The zero-order valence-electron chi connectivity index (χ0n) is 11.7. The lowest BCUT2D eigenvalue weighted by Crippen LogP contribution is -2.42. The number of hydrogen-bond acceptors (Lipinski definition) is 3. The maximum Gasteiger partial charge on any atom is 0.232 e. The van der Waals surface area contributed by atoms with E-state index >= 15 is 0 Å². The van der Waals surface area contributed by atoms with Crippen LogP contribution >= 0.6 is 12.2 Å². The van der Waals surface area contributed by atoms with Gasteiger partial charge in [-0.1, -0.05) is 33.0 Å². The Hall–Kier alpha value is -0.680. The number of likely N-dealkylation sites (N-methyl/N-ethyl adjacent to an activating group) is 1. The molecule has 0 aromatic carbocycles. The van der Waals surface area contributed by atoms with Crippen LogP contribution in [-0.4, -0.2) is 52.9 Å². The van der Waals surface area contributed by atoms with E-state index in [4.69, 9.17) is 18.0 Å². The van der Waals surface area contributed by atoms with E-state index in [0.29, 0.717) is 17.5 Å². The first kappa shape index (κ1) is 15.4. The molecule has 0 bridgehead atoms. The molecule has 1 aliphatic rings. The number of thiocarbonyl (C=S) groups is 1. The maximum absolute atomic E-state index is 12.3. The summed E-state index contributed by atoms with van der Waals surface area (Å²) in [7, 11) is 0. The third kappa shape index (κ3) is 3.42. The first-order chi connectivity index (χ1) is 8.54. The molecule has 2 atom stereocenters. The van der Waals surface area contributed by atoms with E-state index in [-0.39, 0.29) is 11.8 Å². The Balaban J connectivity index is 2.60. The van der Waals surface area contributed by atoms with Gasteiger partial charge in [0.2, 0.25) is 5.91 Å².